The first-order chi connectivity index (χ1) is 17.2. The Morgan fingerprint density at radius 3 is 2.89 bits per heavy atom. The van der Waals surface area contributed by atoms with Crippen molar-refractivity contribution in [3.05, 3.63) is 54.0 Å². The summed E-state index contributed by atoms with van der Waals surface area (Å²) in [5.74, 6) is 3.02. The molecule has 1 aliphatic rings. The number of aromatic nitrogens is 6. The minimum atomic E-state index is -0.0425. The number of nitrogens with zero attached hydrogens (tertiary/aromatic N) is 6. The molecule has 11 nitrogen and oxygen atoms in total. The first kappa shape index (κ1) is 22.8. The van der Waals surface area contributed by atoms with Gasteiger partial charge in [-0.3, -0.25) is 10.1 Å². The Balaban J connectivity index is 1.41. The van der Waals surface area contributed by atoms with Gasteiger partial charge in [-0.1, -0.05) is 11.2 Å². The summed E-state index contributed by atoms with van der Waals surface area (Å²) >= 11 is 0. The lowest BCUT2D eigenvalue weighted by molar-refractivity contribution is 0.108. The van der Waals surface area contributed by atoms with E-state index < -0.39 is 0 Å². The van der Waals surface area contributed by atoms with Gasteiger partial charge in [-0.2, -0.15) is 15.1 Å². The van der Waals surface area contributed by atoms with Crippen LogP contribution < -0.4 is 15.0 Å². The molecular formula is C24H28N8O3. The van der Waals surface area contributed by atoms with Crippen molar-refractivity contribution in [3.63, 3.8) is 0 Å². The van der Waals surface area contributed by atoms with E-state index in [1.54, 1.807) is 12.3 Å². The van der Waals surface area contributed by atoms with E-state index in [1.807, 2.05) is 44.2 Å². The van der Waals surface area contributed by atoms with Crippen LogP contribution in [0.1, 0.15) is 37.3 Å². The van der Waals surface area contributed by atoms with Gasteiger partial charge in [0, 0.05) is 43.2 Å². The van der Waals surface area contributed by atoms with Gasteiger partial charge < -0.3 is 24.2 Å². The summed E-state index contributed by atoms with van der Waals surface area (Å²) in [6.07, 6.45) is 3.62. The number of H-pyrrole nitrogens is 1. The van der Waals surface area contributed by atoms with Crippen molar-refractivity contribution in [2.75, 3.05) is 36.6 Å². The van der Waals surface area contributed by atoms with Crippen LogP contribution in [-0.2, 0) is 4.74 Å². The third kappa shape index (κ3) is 5.40. The molecule has 0 radical (unpaired) electrons. The van der Waals surface area contributed by atoms with Crippen LogP contribution in [0.3, 0.4) is 0 Å². The van der Waals surface area contributed by atoms with E-state index in [4.69, 9.17) is 24.0 Å². The lowest BCUT2D eigenvalue weighted by Gasteiger charge is -2.23. The zero-order valence-electron chi connectivity index (χ0n) is 19.8. The van der Waals surface area contributed by atoms with Crippen LogP contribution in [0, 0.1) is 6.92 Å². The maximum Gasteiger partial charge on any atom is 0.231 e. The molecule has 0 aliphatic carbocycles. The average Bonchev–Trinajstić information content (AvgIpc) is 3.63. The van der Waals surface area contributed by atoms with Crippen LogP contribution in [0.2, 0.25) is 0 Å². The van der Waals surface area contributed by atoms with Crippen molar-refractivity contribution >= 4 is 17.6 Å². The number of nitrogens with one attached hydrogen (secondary N) is 2. The number of aryl methyl sites for hydroxylation is 1. The van der Waals surface area contributed by atoms with Crippen molar-refractivity contribution in [2.45, 2.75) is 32.7 Å². The SMILES string of the molecule is CCOCCOc1cc(Nc2cc(C)[nH]n2)nc(N2CCC[C@H]2c2cc(-c3ccccn3)no2)n1. The van der Waals surface area contributed by atoms with Gasteiger partial charge in [-0.15, -0.1) is 0 Å². The molecule has 11 heteroatoms. The number of anilines is 3. The molecule has 1 saturated heterocycles. The Morgan fingerprint density at radius 2 is 2.09 bits per heavy atom. The average molecular weight is 477 g/mol. The fourth-order valence-electron chi connectivity index (χ4n) is 4.03. The van der Waals surface area contributed by atoms with E-state index in [0.717, 1.165) is 36.5 Å². The molecule has 4 aromatic rings. The molecule has 0 bridgehead atoms. The molecule has 5 heterocycles. The molecule has 0 unspecified atom stereocenters. The lowest BCUT2D eigenvalue weighted by Crippen LogP contribution is -2.25. The number of pyridine rings is 1. The molecule has 0 amide bonds. The fraction of sp³-hybridized carbons (Fsp3) is 0.375. The number of aromatic amines is 1. The Labute approximate surface area is 202 Å². The first-order valence-electron chi connectivity index (χ1n) is 11.7. The zero-order valence-corrected chi connectivity index (χ0v) is 19.8. The van der Waals surface area contributed by atoms with Gasteiger partial charge in [-0.05, 0) is 38.8 Å². The van der Waals surface area contributed by atoms with Crippen molar-refractivity contribution in [1.29, 1.82) is 0 Å². The van der Waals surface area contributed by atoms with Gasteiger partial charge in [0.05, 0.1) is 18.3 Å². The predicted molar refractivity (Wildman–Crippen MR) is 130 cm³/mol. The Morgan fingerprint density at radius 1 is 1.14 bits per heavy atom. The lowest BCUT2D eigenvalue weighted by atomic mass is 10.1. The van der Waals surface area contributed by atoms with E-state index in [1.165, 1.54) is 0 Å². The van der Waals surface area contributed by atoms with Crippen LogP contribution >= 0.6 is 0 Å². The molecular weight excluding hydrogens is 448 g/mol. The van der Waals surface area contributed by atoms with Gasteiger partial charge >= 0.3 is 0 Å². The van der Waals surface area contributed by atoms with Gasteiger partial charge in [0.15, 0.2) is 11.6 Å². The molecule has 35 heavy (non-hydrogen) atoms. The summed E-state index contributed by atoms with van der Waals surface area (Å²) < 4.78 is 17.0. The largest absolute Gasteiger partial charge is 0.475 e. The summed E-state index contributed by atoms with van der Waals surface area (Å²) in [6, 6.07) is 11.3. The van der Waals surface area contributed by atoms with E-state index in [-0.39, 0.29) is 6.04 Å². The number of hydrogen-bond acceptors (Lipinski definition) is 10. The Kier molecular flexibility index (Phi) is 6.85. The second-order valence-electron chi connectivity index (χ2n) is 8.18. The maximum atomic E-state index is 5.88. The Bertz CT molecular complexity index is 1240. The smallest absolute Gasteiger partial charge is 0.231 e. The van der Waals surface area contributed by atoms with Gasteiger partial charge in [0.25, 0.3) is 0 Å². The fourth-order valence-corrected chi connectivity index (χ4v) is 4.03. The molecule has 1 aliphatic heterocycles. The summed E-state index contributed by atoms with van der Waals surface area (Å²) in [5.41, 5.74) is 2.43. The van der Waals surface area contributed by atoms with Crippen molar-refractivity contribution < 1.29 is 14.0 Å². The quantitative estimate of drug-likeness (QED) is 0.323. The Hall–Kier alpha value is -3.99. The first-order valence-corrected chi connectivity index (χ1v) is 11.7. The van der Waals surface area contributed by atoms with Crippen molar-refractivity contribution in [3.8, 4) is 17.3 Å². The highest BCUT2D eigenvalue weighted by Crippen LogP contribution is 2.37. The van der Waals surface area contributed by atoms with Crippen LogP contribution in [0.25, 0.3) is 11.4 Å². The van der Waals surface area contributed by atoms with E-state index >= 15 is 0 Å². The van der Waals surface area contributed by atoms with E-state index in [0.29, 0.717) is 49.0 Å². The molecule has 0 aromatic carbocycles. The zero-order chi connectivity index (χ0) is 24.0. The van der Waals surface area contributed by atoms with Crippen molar-refractivity contribution in [1.82, 2.24) is 30.3 Å². The molecule has 0 saturated carbocycles. The predicted octanol–water partition coefficient (Wildman–Crippen LogP) is 4.06. The van der Waals surface area contributed by atoms with Crippen LogP contribution in [-0.4, -0.2) is 56.7 Å². The normalized spacial score (nSPS) is 15.5. The summed E-state index contributed by atoms with van der Waals surface area (Å²) in [6.45, 7) is 6.19. The molecule has 1 fully saturated rings. The van der Waals surface area contributed by atoms with Crippen LogP contribution in [0.15, 0.2) is 47.1 Å². The number of hydrogen-bond donors (Lipinski definition) is 2. The highest BCUT2D eigenvalue weighted by Gasteiger charge is 2.32. The van der Waals surface area contributed by atoms with Crippen LogP contribution in [0.5, 0.6) is 5.88 Å². The van der Waals surface area contributed by atoms with Gasteiger partial charge in [0.2, 0.25) is 11.8 Å². The molecule has 5 rings (SSSR count). The third-order valence-electron chi connectivity index (χ3n) is 5.63. The highest BCUT2D eigenvalue weighted by molar-refractivity contribution is 5.57. The molecule has 182 valence electrons. The summed E-state index contributed by atoms with van der Waals surface area (Å²) in [7, 11) is 0. The van der Waals surface area contributed by atoms with Gasteiger partial charge in [-0.25, -0.2) is 0 Å². The highest BCUT2D eigenvalue weighted by atomic mass is 16.5. The second-order valence-corrected chi connectivity index (χ2v) is 8.18. The summed E-state index contributed by atoms with van der Waals surface area (Å²) in [4.78, 5) is 16.0. The van der Waals surface area contributed by atoms with Gasteiger partial charge in [0.1, 0.15) is 18.1 Å². The van der Waals surface area contributed by atoms with E-state index in [2.05, 4.69) is 30.6 Å². The number of ether oxygens (including phenoxy) is 2. The van der Waals surface area contributed by atoms with Crippen molar-refractivity contribution in [2.24, 2.45) is 0 Å². The number of rotatable bonds is 10. The minimum Gasteiger partial charge on any atom is -0.475 e. The monoisotopic (exact) mass is 476 g/mol. The standard InChI is InChI=1S/C24H28N8O3/c1-3-33-11-12-34-23-15-21(26-22-13-16(2)29-30-22)27-24(28-23)32-10-6-8-19(32)20-14-18(31-35-20)17-7-4-5-9-25-17/h4-5,7,9,13-15,19H,3,6,8,10-12H2,1-2H3,(H2,26,27,28,29,30)/t19-/m0/s1. The minimum absolute atomic E-state index is 0.0425. The topological polar surface area (TPSA) is 127 Å². The molecule has 0 spiro atoms. The van der Waals surface area contributed by atoms with Crippen LogP contribution in [0.4, 0.5) is 17.6 Å². The second kappa shape index (κ2) is 10.5. The van der Waals surface area contributed by atoms with E-state index in [9.17, 15) is 0 Å². The maximum absolute atomic E-state index is 5.88. The summed E-state index contributed by atoms with van der Waals surface area (Å²) in [5, 5.41) is 14.7. The third-order valence-corrected chi connectivity index (χ3v) is 5.63. The molecule has 4 aromatic heterocycles. The molecule has 2 N–H and O–H groups in total. The molecule has 1 atom stereocenters.